The van der Waals surface area contributed by atoms with Gasteiger partial charge in [-0.15, -0.1) is 0 Å². The molecule has 2 fully saturated rings. The van der Waals surface area contributed by atoms with Gasteiger partial charge in [-0.25, -0.2) is 8.78 Å². The van der Waals surface area contributed by atoms with E-state index in [4.69, 9.17) is 0 Å². The Morgan fingerprint density at radius 3 is 2.67 bits per heavy atom. The molecule has 2 aliphatic carbocycles. The molecule has 0 saturated heterocycles. The van der Waals surface area contributed by atoms with Crippen LogP contribution in [0.4, 0.5) is 8.78 Å². The molecule has 0 spiro atoms. The van der Waals surface area contributed by atoms with Gasteiger partial charge in [0.2, 0.25) is 11.8 Å². The molecule has 1 N–H and O–H groups in total. The number of hydrogen-bond acceptors (Lipinski definition) is 3. The summed E-state index contributed by atoms with van der Waals surface area (Å²) in [6.07, 6.45) is 6.31. The Balaban J connectivity index is 1.51. The van der Waals surface area contributed by atoms with Gasteiger partial charge in [0.25, 0.3) is 5.56 Å². The summed E-state index contributed by atoms with van der Waals surface area (Å²) in [6.45, 7) is 5.03. The van der Waals surface area contributed by atoms with Crippen molar-refractivity contribution < 1.29 is 13.6 Å². The van der Waals surface area contributed by atoms with E-state index in [1.807, 2.05) is 25.3 Å². The van der Waals surface area contributed by atoms with Crippen molar-refractivity contribution >= 4 is 16.8 Å². The number of aromatic nitrogens is 2. The van der Waals surface area contributed by atoms with Gasteiger partial charge in [-0.1, -0.05) is 13.3 Å². The van der Waals surface area contributed by atoms with E-state index in [-0.39, 0.29) is 35.8 Å². The first-order valence-electron chi connectivity index (χ1n) is 12.2. The molecule has 4 rings (SSSR count). The van der Waals surface area contributed by atoms with Gasteiger partial charge in [-0.3, -0.25) is 14.6 Å². The lowest BCUT2D eigenvalue weighted by Crippen LogP contribution is -2.45. The van der Waals surface area contributed by atoms with Crippen LogP contribution in [-0.4, -0.2) is 27.4 Å². The molecule has 180 valence electrons. The summed E-state index contributed by atoms with van der Waals surface area (Å²) in [4.78, 5) is 30.6. The Morgan fingerprint density at radius 1 is 1.18 bits per heavy atom. The van der Waals surface area contributed by atoms with Crippen LogP contribution in [0.25, 0.3) is 10.9 Å². The molecule has 7 heteroatoms. The minimum absolute atomic E-state index is 0.00257. The van der Waals surface area contributed by atoms with E-state index in [9.17, 15) is 18.4 Å². The number of hydrogen-bond donors (Lipinski definition) is 1. The summed E-state index contributed by atoms with van der Waals surface area (Å²) < 4.78 is 29.3. The zero-order valence-corrected chi connectivity index (χ0v) is 20.0. The highest BCUT2D eigenvalue weighted by atomic mass is 19.3. The molecular formula is C26H35F2N3O2. The second kappa shape index (κ2) is 9.15. The number of pyridine rings is 2. The molecule has 2 aromatic rings. The van der Waals surface area contributed by atoms with Crippen molar-refractivity contribution in [2.45, 2.75) is 83.6 Å². The summed E-state index contributed by atoms with van der Waals surface area (Å²) >= 11 is 0. The Kier molecular flexibility index (Phi) is 6.61. The van der Waals surface area contributed by atoms with Gasteiger partial charge in [-0.05, 0) is 76.3 Å². The average Bonchev–Trinajstić information content (AvgIpc) is 2.77. The molecule has 5 unspecified atom stereocenters. The number of rotatable bonds is 4. The van der Waals surface area contributed by atoms with Gasteiger partial charge in [-0.2, -0.15) is 0 Å². The Bertz CT molecular complexity index is 1090. The van der Waals surface area contributed by atoms with Gasteiger partial charge in [0.05, 0.1) is 5.52 Å². The van der Waals surface area contributed by atoms with Crippen LogP contribution in [0.15, 0.2) is 23.1 Å². The lowest BCUT2D eigenvalue weighted by molar-refractivity contribution is -0.130. The van der Waals surface area contributed by atoms with E-state index < -0.39 is 11.8 Å². The van der Waals surface area contributed by atoms with E-state index >= 15 is 0 Å². The third-order valence-electron chi connectivity index (χ3n) is 7.98. The number of nitrogens with zero attached hydrogens (tertiary/aromatic N) is 2. The molecule has 0 aromatic carbocycles. The summed E-state index contributed by atoms with van der Waals surface area (Å²) in [5.41, 5.74) is 2.50. The molecular weight excluding hydrogens is 424 g/mol. The quantitative estimate of drug-likeness (QED) is 0.693. The van der Waals surface area contributed by atoms with Crippen molar-refractivity contribution in [3.63, 3.8) is 0 Å². The van der Waals surface area contributed by atoms with Gasteiger partial charge in [0, 0.05) is 47.8 Å². The zero-order valence-electron chi connectivity index (χ0n) is 20.0. The maximum Gasteiger partial charge on any atom is 0.254 e. The van der Waals surface area contributed by atoms with Crippen molar-refractivity contribution in [3.8, 4) is 0 Å². The predicted molar refractivity (Wildman–Crippen MR) is 125 cm³/mol. The molecule has 2 heterocycles. The zero-order chi connectivity index (χ0) is 23.9. The van der Waals surface area contributed by atoms with Crippen LogP contribution in [0.2, 0.25) is 0 Å². The first kappa shape index (κ1) is 23.8. The molecule has 5 atom stereocenters. The molecule has 0 aliphatic heterocycles. The molecule has 1 amide bonds. The fourth-order valence-electron chi connectivity index (χ4n) is 5.85. The van der Waals surface area contributed by atoms with Crippen LogP contribution in [0.1, 0.15) is 76.0 Å². The molecule has 33 heavy (non-hydrogen) atoms. The van der Waals surface area contributed by atoms with Gasteiger partial charge in [0.1, 0.15) is 0 Å². The fraction of sp³-hybridized carbons (Fsp3) is 0.654. The highest BCUT2D eigenvalue weighted by Crippen LogP contribution is 2.40. The third-order valence-corrected chi connectivity index (χ3v) is 7.98. The summed E-state index contributed by atoms with van der Waals surface area (Å²) in [5.74, 6) is -3.57. The predicted octanol–water partition coefficient (Wildman–Crippen LogP) is 5.09. The normalized spacial score (nSPS) is 28.6. The molecule has 2 saturated carbocycles. The first-order valence-corrected chi connectivity index (χ1v) is 12.2. The van der Waals surface area contributed by atoms with E-state index in [1.54, 1.807) is 11.6 Å². The highest BCUT2D eigenvalue weighted by molar-refractivity contribution is 5.80. The number of alkyl halides is 2. The summed E-state index contributed by atoms with van der Waals surface area (Å²) in [7, 11) is 1.80. The third kappa shape index (κ3) is 4.97. The fourth-order valence-corrected chi connectivity index (χ4v) is 5.85. The molecule has 5 nitrogen and oxygen atoms in total. The topological polar surface area (TPSA) is 64.0 Å². The van der Waals surface area contributed by atoms with Crippen molar-refractivity contribution in [2.24, 2.45) is 24.8 Å². The van der Waals surface area contributed by atoms with Gasteiger partial charge in [0.15, 0.2) is 0 Å². The standard InChI is InChI=1S/C26H35F2N3O2/c1-15-8-9-20(30-24(32)17-6-5-7-19(11-17)26(3,27)28)13-21(15)22-12-18-14-29-16(2)10-23(18)31(4)25(22)33/h10,12,14-15,17,19-21H,5-9,11,13H2,1-4H3,(H,30,32). The summed E-state index contributed by atoms with van der Waals surface area (Å²) in [6, 6.07) is 3.84. The van der Waals surface area contributed by atoms with Crippen molar-refractivity contribution in [1.82, 2.24) is 14.9 Å². The van der Waals surface area contributed by atoms with E-state index in [0.29, 0.717) is 31.6 Å². The SMILES string of the molecule is Cc1cc2c(cn1)cc(C1CC(NC(=O)C3CCCC(C(C)(F)F)C3)CCC1C)c(=O)n2C. The maximum absolute atomic E-state index is 13.8. The maximum atomic E-state index is 13.8. The Morgan fingerprint density at radius 2 is 1.94 bits per heavy atom. The average molecular weight is 460 g/mol. The van der Waals surface area contributed by atoms with Crippen molar-refractivity contribution in [2.75, 3.05) is 0 Å². The molecule has 0 radical (unpaired) electrons. The van der Waals surface area contributed by atoms with Crippen molar-refractivity contribution in [3.05, 3.63) is 39.9 Å². The van der Waals surface area contributed by atoms with Crippen LogP contribution < -0.4 is 10.9 Å². The smallest absolute Gasteiger partial charge is 0.254 e. The summed E-state index contributed by atoms with van der Waals surface area (Å²) in [5, 5.41) is 4.09. The monoisotopic (exact) mass is 459 g/mol. The first-order chi connectivity index (χ1) is 15.5. The van der Waals surface area contributed by atoms with Crippen LogP contribution in [0, 0.1) is 24.7 Å². The van der Waals surface area contributed by atoms with Gasteiger partial charge >= 0.3 is 0 Å². The minimum Gasteiger partial charge on any atom is -0.353 e. The highest BCUT2D eigenvalue weighted by Gasteiger charge is 2.40. The van der Waals surface area contributed by atoms with Crippen molar-refractivity contribution in [1.29, 1.82) is 0 Å². The van der Waals surface area contributed by atoms with Crippen LogP contribution in [0.5, 0.6) is 0 Å². The number of aryl methyl sites for hydroxylation is 2. The minimum atomic E-state index is -2.74. The number of fused-ring (bicyclic) bond motifs is 1. The Labute approximate surface area is 194 Å². The molecule has 2 aromatic heterocycles. The molecule has 2 aliphatic rings. The van der Waals surface area contributed by atoms with Crippen LogP contribution in [-0.2, 0) is 11.8 Å². The number of amides is 1. The number of carbonyl (C=O) groups excluding carboxylic acids is 1. The largest absolute Gasteiger partial charge is 0.353 e. The van der Waals surface area contributed by atoms with E-state index in [1.165, 1.54) is 0 Å². The van der Waals surface area contributed by atoms with Gasteiger partial charge < -0.3 is 9.88 Å². The lowest BCUT2D eigenvalue weighted by atomic mass is 9.74. The lowest BCUT2D eigenvalue weighted by Gasteiger charge is -2.37. The number of carbonyl (C=O) groups is 1. The van der Waals surface area contributed by atoms with Crippen LogP contribution in [0.3, 0.4) is 0 Å². The van der Waals surface area contributed by atoms with Crippen LogP contribution >= 0.6 is 0 Å². The second-order valence-electron chi connectivity index (χ2n) is 10.5. The second-order valence-corrected chi connectivity index (χ2v) is 10.5. The molecule has 0 bridgehead atoms. The Hall–Kier alpha value is -2.31. The number of halogens is 2. The number of nitrogens with one attached hydrogen (secondary N) is 1. The van der Waals surface area contributed by atoms with E-state index in [2.05, 4.69) is 17.2 Å². The van der Waals surface area contributed by atoms with E-state index in [0.717, 1.165) is 41.9 Å².